The van der Waals surface area contributed by atoms with Crippen LogP contribution in [0.5, 0.6) is 5.75 Å². The van der Waals surface area contributed by atoms with E-state index >= 15 is 0 Å². The molecule has 2 aromatic heterocycles. The Morgan fingerprint density at radius 2 is 2.19 bits per heavy atom. The molecule has 0 aliphatic rings. The molecule has 26 heavy (non-hydrogen) atoms. The molecule has 0 unspecified atom stereocenters. The number of aromatic nitrogens is 2. The fraction of sp³-hybridized carbons (Fsp3) is 0.125. The third-order valence-electron chi connectivity index (χ3n) is 3.03. The van der Waals surface area contributed by atoms with E-state index in [1.165, 1.54) is 35.2 Å². The minimum atomic E-state index is -0.576. The summed E-state index contributed by atoms with van der Waals surface area (Å²) in [6.45, 7) is 2.50. The first-order chi connectivity index (χ1) is 12.7. The van der Waals surface area contributed by atoms with Crippen LogP contribution in [0.25, 0.3) is 6.08 Å². The molecular weight excluding hydrogens is 376 g/mol. The minimum absolute atomic E-state index is 0.287. The highest BCUT2D eigenvalue weighted by atomic mass is 32.2. The first kappa shape index (κ1) is 18.0. The number of thioether (sulfide) groups is 1. The first-order valence-electron chi connectivity index (χ1n) is 7.55. The van der Waals surface area contributed by atoms with E-state index in [0.717, 1.165) is 15.8 Å². The van der Waals surface area contributed by atoms with Crippen molar-refractivity contribution in [3.05, 3.63) is 57.7 Å². The van der Waals surface area contributed by atoms with E-state index in [1.807, 2.05) is 31.2 Å². The Labute approximate surface area is 157 Å². The minimum Gasteiger partial charge on any atom is -0.492 e. The van der Waals surface area contributed by atoms with Crippen LogP contribution in [0.4, 0.5) is 16.7 Å². The second-order valence-corrected chi connectivity index (χ2v) is 6.91. The molecule has 134 valence electrons. The summed E-state index contributed by atoms with van der Waals surface area (Å²) < 4.78 is 11.3. The maximum atomic E-state index is 10.6. The summed E-state index contributed by atoms with van der Waals surface area (Å²) in [6, 6.07) is 10.4. The van der Waals surface area contributed by atoms with Gasteiger partial charge in [-0.15, -0.1) is 10.2 Å². The standard InChI is InChI=1S/C16H14N4O4S2/c1-2-23-13-6-4-3-5-12(13)17-15-18-19-16(26-15)25-10-9-11-7-8-14(24-11)20(21)22/h3-10H,2H2,1H3,(H,17,18)/b10-9+. The molecule has 0 radical (unpaired) electrons. The average Bonchev–Trinajstić information content (AvgIpc) is 3.27. The van der Waals surface area contributed by atoms with Crippen LogP contribution in [-0.2, 0) is 0 Å². The van der Waals surface area contributed by atoms with Crippen molar-refractivity contribution in [3.8, 4) is 5.75 Å². The van der Waals surface area contributed by atoms with E-state index in [-0.39, 0.29) is 5.88 Å². The third kappa shape index (κ3) is 4.61. The van der Waals surface area contributed by atoms with E-state index in [4.69, 9.17) is 9.15 Å². The molecule has 0 atom stereocenters. The Morgan fingerprint density at radius 1 is 1.35 bits per heavy atom. The van der Waals surface area contributed by atoms with Gasteiger partial charge in [-0.2, -0.15) is 0 Å². The molecule has 0 bridgehead atoms. The third-order valence-corrected chi connectivity index (χ3v) is 4.76. The number of nitrogens with one attached hydrogen (secondary N) is 1. The molecule has 2 heterocycles. The number of nitro groups is 1. The lowest BCUT2D eigenvalue weighted by molar-refractivity contribution is -0.402. The van der Waals surface area contributed by atoms with Crippen LogP contribution >= 0.6 is 23.1 Å². The van der Waals surface area contributed by atoms with Crippen LogP contribution in [0.3, 0.4) is 0 Å². The number of nitrogens with zero attached hydrogens (tertiary/aromatic N) is 3. The zero-order valence-corrected chi connectivity index (χ0v) is 15.3. The van der Waals surface area contributed by atoms with E-state index in [2.05, 4.69) is 15.5 Å². The Morgan fingerprint density at radius 3 is 2.96 bits per heavy atom. The maximum absolute atomic E-state index is 10.6. The fourth-order valence-electron chi connectivity index (χ4n) is 1.96. The summed E-state index contributed by atoms with van der Waals surface area (Å²) >= 11 is 2.73. The maximum Gasteiger partial charge on any atom is 0.433 e. The highest BCUT2D eigenvalue weighted by molar-refractivity contribution is 8.03. The van der Waals surface area contributed by atoms with Crippen molar-refractivity contribution in [2.45, 2.75) is 11.3 Å². The summed E-state index contributed by atoms with van der Waals surface area (Å²) in [5, 5.41) is 24.3. The van der Waals surface area contributed by atoms with Crippen molar-refractivity contribution < 1.29 is 14.1 Å². The normalized spacial score (nSPS) is 11.0. The van der Waals surface area contributed by atoms with Crippen molar-refractivity contribution in [1.29, 1.82) is 0 Å². The predicted molar refractivity (Wildman–Crippen MR) is 101 cm³/mol. The lowest BCUT2D eigenvalue weighted by Gasteiger charge is -2.09. The lowest BCUT2D eigenvalue weighted by Crippen LogP contribution is -1.97. The van der Waals surface area contributed by atoms with Gasteiger partial charge in [-0.25, -0.2) is 0 Å². The van der Waals surface area contributed by atoms with Gasteiger partial charge in [0, 0.05) is 0 Å². The van der Waals surface area contributed by atoms with Crippen LogP contribution in [0.15, 0.2) is 50.6 Å². The lowest BCUT2D eigenvalue weighted by atomic mass is 10.3. The summed E-state index contributed by atoms with van der Waals surface area (Å²) in [5.74, 6) is 0.862. The molecule has 0 saturated heterocycles. The van der Waals surface area contributed by atoms with Crippen LogP contribution in [-0.4, -0.2) is 21.7 Å². The van der Waals surface area contributed by atoms with Crippen molar-refractivity contribution in [3.63, 3.8) is 0 Å². The largest absolute Gasteiger partial charge is 0.492 e. The number of ether oxygens (including phenoxy) is 1. The van der Waals surface area contributed by atoms with Crippen LogP contribution in [0.1, 0.15) is 12.7 Å². The van der Waals surface area contributed by atoms with Gasteiger partial charge in [0.15, 0.2) is 4.34 Å². The summed E-state index contributed by atoms with van der Waals surface area (Å²) in [7, 11) is 0. The number of rotatable bonds is 8. The van der Waals surface area contributed by atoms with Gasteiger partial charge in [0.05, 0.1) is 18.4 Å². The molecular formula is C16H14N4O4S2. The zero-order valence-electron chi connectivity index (χ0n) is 13.6. The molecule has 0 spiro atoms. The van der Waals surface area contributed by atoms with E-state index in [9.17, 15) is 10.1 Å². The number of furan rings is 1. The second-order valence-electron chi connectivity index (χ2n) is 4.78. The molecule has 1 aromatic carbocycles. The van der Waals surface area contributed by atoms with Crippen molar-refractivity contribution >= 4 is 45.9 Å². The van der Waals surface area contributed by atoms with Crippen molar-refractivity contribution in [2.75, 3.05) is 11.9 Å². The topological polar surface area (TPSA) is 103 Å². The summed E-state index contributed by atoms with van der Waals surface area (Å²) in [5.41, 5.74) is 0.820. The first-order valence-corrected chi connectivity index (χ1v) is 9.25. The van der Waals surface area contributed by atoms with Gasteiger partial charge in [-0.1, -0.05) is 35.2 Å². The van der Waals surface area contributed by atoms with Gasteiger partial charge in [-0.05, 0) is 36.6 Å². The molecule has 0 fully saturated rings. The molecule has 1 N–H and O–H groups in total. The quantitative estimate of drug-likeness (QED) is 0.327. The Kier molecular flexibility index (Phi) is 5.87. The van der Waals surface area contributed by atoms with Crippen molar-refractivity contribution in [1.82, 2.24) is 10.2 Å². The number of anilines is 2. The van der Waals surface area contributed by atoms with Gasteiger partial charge in [0.2, 0.25) is 5.13 Å². The van der Waals surface area contributed by atoms with Gasteiger partial charge in [0.25, 0.3) is 0 Å². The second kappa shape index (κ2) is 8.50. The molecule has 0 amide bonds. The van der Waals surface area contributed by atoms with E-state index in [0.29, 0.717) is 17.5 Å². The molecule has 0 aliphatic carbocycles. The number of hydrogen-bond acceptors (Lipinski definition) is 9. The summed E-state index contributed by atoms with van der Waals surface area (Å²) in [6.07, 6.45) is 1.64. The molecule has 0 aliphatic heterocycles. The highest BCUT2D eigenvalue weighted by Gasteiger charge is 2.10. The van der Waals surface area contributed by atoms with E-state index < -0.39 is 4.92 Å². The van der Waals surface area contributed by atoms with Gasteiger partial charge in [-0.3, -0.25) is 10.1 Å². The smallest absolute Gasteiger partial charge is 0.433 e. The number of benzene rings is 1. The number of para-hydroxylation sites is 2. The number of hydrogen-bond donors (Lipinski definition) is 1. The van der Waals surface area contributed by atoms with Crippen molar-refractivity contribution in [2.24, 2.45) is 0 Å². The van der Waals surface area contributed by atoms with Gasteiger partial charge in [0.1, 0.15) is 16.4 Å². The monoisotopic (exact) mass is 390 g/mol. The molecule has 3 aromatic rings. The Hall–Kier alpha value is -2.85. The van der Waals surface area contributed by atoms with Gasteiger partial charge < -0.3 is 14.5 Å². The molecule has 0 saturated carbocycles. The van der Waals surface area contributed by atoms with E-state index in [1.54, 1.807) is 11.5 Å². The molecule has 10 heteroatoms. The predicted octanol–water partition coefficient (Wildman–Crippen LogP) is 4.94. The average molecular weight is 390 g/mol. The SMILES string of the molecule is CCOc1ccccc1Nc1nnc(S/C=C/c2ccc([N+](=O)[O-])o2)s1. The van der Waals surface area contributed by atoms with Crippen LogP contribution in [0.2, 0.25) is 0 Å². The van der Waals surface area contributed by atoms with Crippen LogP contribution in [0, 0.1) is 10.1 Å². The Balaban J connectivity index is 1.61. The fourth-order valence-corrected chi connectivity index (χ4v) is 3.46. The zero-order chi connectivity index (χ0) is 18.4. The van der Waals surface area contributed by atoms with Gasteiger partial charge >= 0.3 is 5.88 Å². The molecule has 8 nitrogen and oxygen atoms in total. The Bertz CT molecular complexity index is 922. The summed E-state index contributed by atoms with van der Waals surface area (Å²) in [4.78, 5) is 10.0. The van der Waals surface area contributed by atoms with Crippen LogP contribution < -0.4 is 10.1 Å². The highest BCUT2D eigenvalue weighted by Crippen LogP contribution is 2.32. The molecule has 3 rings (SSSR count).